The molecule has 1 unspecified atom stereocenters. The molecule has 0 aromatic rings. The number of nitrogens with zero attached hydrogens (tertiary/aromatic N) is 3. The molecule has 2 rings (SSSR count). The lowest BCUT2D eigenvalue weighted by Crippen LogP contribution is -2.49. The van der Waals surface area contributed by atoms with Crippen molar-refractivity contribution in [1.82, 2.24) is 15.1 Å². The van der Waals surface area contributed by atoms with Gasteiger partial charge in [0, 0.05) is 25.7 Å². The van der Waals surface area contributed by atoms with Gasteiger partial charge < -0.3 is 10.2 Å². The molecule has 1 atom stereocenters. The van der Waals surface area contributed by atoms with E-state index in [0.29, 0.717) is 0 Å². The van der Waals surface area contributed by atoms with Gasteiger partial charge in [0.25, 0.3) is 0 Å². The Bertz CT molecular complexity index is 249. The monoisotopic (exact) mass is 224 g/mol. The van der Waals surface area contributed by atoms with E-state index < -0.39 is 0 Å². The van der Waals surface area contributed by atoms with Crippen molar-refractivity contribution in [2.45, 2.75) is 25.3 Å². The summed E-state index contributed by atoms with van der Waals surface area (Å²) in [5.41, 5.74) is 0. The number of hydrogen-bond donors (Lipinski definition) is 1. The van der Waals surface area contributed by atoms with E-state index in [1.807, 2.05) is 0 Å². The van der Waals surface area contributed by atoms with Crippen LogP contribution in [0.5, 0.6) is 0 Å². The fraction of sp³-hybridized carbons (Fsp3) is 0.917. The van der Waals surface area contributed by atoms with Crippen LogP contribution in [0.3, 0.4) is 0 Å². The lowest BCUT2D eigenvalue weighted by atomic mass is 10.0. The van der Waals surface area contributed by atoms with Crippen LogP contribution in [0.2, 0.25) is 0 Å². The zero-order chi connectivity index (χ0) is 11.4. The minimum atomic E-state index is 0.720. The standard InChI is InChI=1S/C12H24N4/c1-15(2)11-5-3-8-16(9-11)10-12-13-6-4-7-14-12/h11H,3-10H2,1-2H3,(H,13,14). The fourth-order valence-corrected chi connectivity index (χ4v) is 2.50. The van der Waals surface area contributed by atoms with Crippen LogP contribution >= 0.6 is 0 Å². The van der Waals surface area contributed by atoms with Crippen molar-refractivity contribution in [3.05, 3.63) is 0 Å². The van der Waals surface area contributed by atoms with E-state index in [1.165, 1.54) is 38.2 Å². The second kappa shape index (κ2) is 5.64. The Morgan fingerprint density at radius 1 is 1.44 bits per heavy atom. The zero-order valence-corrected chi connectivity index (χ0v) is 10.6. The topological polar surface area (TPSA) is 30.9 Å². The third kappa shape index (κ3) is 3.19. The predicted molar refractivity (Wildman–Crippen MR) is 68.1 cm³/mol. The first-order valence-electron chi connectivity index (χ1n) is 6.41. The minimum Gasteiger partial charge on any atom is -0.373 e. The van der Waals surface area contributed by atoms with Gasteiger partial charge in [-0.15, -0.1) is 0 Å². The molecule has 92 valence electrons. The highest BCUT2D eigenvalue weighted by Crippen LogP contribution is 2.13. The summed E-state index contributed by atoms with van der Waals surface area (Å²) in [5, 5.41) is 3.41. The molecular formula is C12H24N4. The molecule has 2 heterocycles. The molecule has 4 nitrogen and oxygen atoms in total. The Labute approximate surface area is 98.7 Å². The molecule has 0 aliphatic carbocycles. The first kappa shape index (κ1) is 11.9. The van der Waals surface area contributed by atoms with Crippen LogP contribution in [-0.4, -0.2) is 68.5 Å². The van der Waals surface area contributed by atoms with Crippen LogP contribution in [0, 0.1) is 0 Å². The summed E-state index contributed by atoms with van der Waals surface area (Å²) >= 11 is 0. The maximum Gasteiger partial charge on any atom is 0.111 e. The third-order valence-electron chi connectivity index (χ3n) is 3.55. The summed E-state index contributed by atoms with van der Waals surface area (Å²) in [6.45, 7) is 5.54. The Morgan fingerprint density at radius 2 is 2.31 bits per heavy atom. The number of nitrogens with one attached hydrogen (secondary N) is 1. The Hall–Kier alpha value is -0.610. The predicted octanol–water partition coefficient (Wildman–Crippen LogP) is 0.404. The Balaban J connectivity index is 1.82. The zero-order valence-electron chi connectivity index (χ0n) is 10.6. The molecule has 0 aromatic carbocycles. The maximum absolute atomic E-state index is 4.54. The molecule has 0 amide bonds. The van der Waals surface area contributed by atoms with E-state index in [9.17, 15) is 0 Å². The smallest absolute Gasteiger partial charge is 0.111 e. The number of hydrogen-bond acceptors (Lipinski definition) is 4. The number of likely N-dealkylation sites (tertiary alicyclic amines) is 1. The van der Waals surface area contributed by atoms with Gasteiger partial charge in [0.1, 0.15) is 5.84 Å². The van der Waals surface area contributed by atoms with Crippen LogP contribution in [-0.2, 0) is 0 Å². The molecule has 4 heteroatoms. The van der Waals surface area contributed by atoms with E-state index in [1.54, 1.807) is 0 Å². The minimum absolute atomic E-state index is 0.720. The second-order valence-electron chi connectivity index (χ2n) is 5.10. The van der Waals surface area contributed by atoms with Crippen molar-refractivity contribution in [1.29, 1.82) is 0 Å². The van der Waals surface area contributed by atoms with Crippen LogP contribution in [0.25, 0.3) is 0 Å². The molecule has 2 aliphatic rings. The highest BCUT2D eigenvalue weighted by molar-refractivity contribution is 5.84. The third-order valence-corrected chi connectivity index (χ3v) is 3.55. The molecule has 0 saturated carbocycles. The van der Waals surface area contributed by atoms with E-state index in [0.717, 1.165) is 25.7 Å². The molecule has 1 N–H and O–H groups in total. The number of amidine groups is 1. The summed E-state index contributed by atoms with van der Waals surface area (Å²) in [7, 11) is 4.37. The van der Waals surface area contributed by atoms with Gasteiger partial charge in [-0.2, -0.15) is 0 Å². The Morgan fingerprint density at radius 3 is 3.00 bits per heavy atom. The molecule has 0 radical (unpaired) electrons. The van der Waals surface area contributed by atoms with Gasteiger partial charge in [-0.25, -0.2) is 0 Å². The van der Waals surface area contributed by atoms with Crippen LogP contribution in [0.1, 0.15) is 19.3 Å². The molecular weight excluding hydrogens is 200 g/mol. The van der Waals surface area contributed by atoms with Crippen molar-refractivity contribution < 1.29 is 0 Å². The highest BCUT2D eigenvalue weighted by atomic mass is 15.2. The van der Waals surface area contributed by atoms with Crippen LogP contribution in [0.4, 0.5) is 0 Å². The summed E-state index contributed by atoms with van der Waals surface area (Å²) in [5.74, 6) is 1.20. The van der Waals surface area contributed by atoms with Crippen molar-refractivity contribution in [2.75, 3.05) is 46.8 Å². The van der Waals surface area contributed by atoms with Gasteiger partial charge in [-0.1, -0.05) is 0 Å². The van der Waals surface area contributed by atoms with E-state index in [4.69, 9.17) is 0 Å². The van der Waals surface area contributed by atoms with Crippen LogP contribution < -0.4 is 5.32 Å². The normalized spacial score (nSPS) is 27.7. The fourth-order valence-electron chi connectivity index (χ4n) is 2.50. The maximum atomic E-state index is 4.54. The molecule has 0 bridgehead atoms. The van der Waals surface area contributed by atoms with E-state index in [-0.39, 0.29) is 0 Å². The lowest BCUT2D eigenvalue weighted by Gasteiger charge is -2.36. The highest BCUT2D eigenvalue weighted by Gasteiger charge is 2.22. The first-order valence-corrected chi connectivity index (χ1v) is 6.41. The van der Waals surface area contributed by atoms with E-state index >= 15 is 0 Å². The van der Waals surface area contributed by atoms with Crippen molar-refractivity contribution in [2.24, 2.45) is 4.99 Å². The lowest BCUT2D eigenvalue weighted by molar-refractivity contribution is 0.146. The van der Waals surface area contributed by atoms with Gasteiger partial charge in [-0.3, -0.25) is 9.89 Å². The van der Waals surface area contributed by atoms with Gasteiger partial charge >= 0.3 is 0 Å². The number of aliphatic imine (C=N–C) groups is 1. The van der Waals surface area contributed by atoms with Crippen molar-refractivity contribution in [3.63, 3.8) is 0 Å². The summed E-state index contributed by atoms with van der Waals surface area (Å²) in [4.78, 5) is 9.43. The average molecular weight is 224 g/mol. The average Bonchev–Trinajstić information content (AvgIpc) is 2.30. The van der Waals surface area contributed by atoms with E-state index in [2.05, 4.69) is 34.2 Å². The van der Waals surface area contributed by atoms with Crippen molar-refractivity contribution >= 4 is 5.84 Å². The van der Waals surface area contributed by atoms with Crippen molar-refractivity contribution in [3.8, 4) is 0 Å². The molecule has 1 saturated heterocycles. The Kier molecular flexibility index (Phi) is 4.18. The number of rotatable bonds is 3. The largest absolute Gasteiger partial charge is 0.373 e. The molecule has 1 fully saturated rings. The molecule has 16 heavy (non-hydrogen) atoms. The van der Waals surface area contributed by atoms with Gasteiger partial charge in [-0.05, 0) is 39.9 Å². The molecule has 0 spiro atoms. The summed E-state index contributed by atoms with van der Waals surface area (Å²) in [6.07, 6.45) is 3.84. The molecule has 0 aromatic heterocycles. The van der Waals surface area contributed by atoms with Gasteiger partial charge in [0.2, 0.25) is 0 Å². The van der Waals surface area contributed by atoms with Crippen LogP contribution in [0.15, 0.2) is 4.99 Å². The summed E-state index contributed by atoms with van der Waals surface area (Å²) < 4.78 is 0. The first-order chi connectivity index (χ1) is 7.75. The quantitative estimate of drug-likeness (QED) is 0.753. The SMILES string of the molecule is CN(C)C1CCCN(CC2=NCCCN2)C1. The number of piperidine rings is 1. The molecule has 2 aliphatic heterocycles. The number of likely N-dealkylation sites (N-methyl/N-ethyl adjacent to an activating group) is 1. The van der Waals surface area contributed by atoms with Gasteiger partial charge in [0.05, 0.1) is 6.54 Å². The van der Waals surface area contributed by atoms with Gasteiger partial charge in [0.15, 0.2) is 0 Å². The summed E-state index contributed by atoms with van der Waals surface area (Å²) in [6, 6.07) is 0.720. The second-order valence-corrected chi connectivity index (χ2v) is 5.10.